The molecule has 0 atom stereocenters. The van der Waals surface area contributed by atoms with Gasteiger partial charge in [-0.05, 0) is 60.7 Å². The van der Waals surface area contributed by atoms with E-state index in [2.05, 4.69) is 10.3 Å². The van der Waals surface area contributed by atoms with Crippen LogP contribution in [0.25, 0.3) is 6.08 Å². The van der Waals surface area contributed by atoms with Gasteiger partial charge in [0.05, 0.1) is 11.2 Å². The number of furan rings is 1. The lowest BCUT2D eigenvalue weighted by Crippen LogP contribution is -2.19. The van der Waals surface area contributed by atoms with Crippen LogP contribution in [-0.4, -0.2) is 16.2 Å². The molecule has 23 heavy (non-hydrogen) atoms. The molecule has 1 aliphatic rings. The summed E-state index contributed by atoms with van der Waals surface area (Å²) in [6.07, 6.45) is 6.79. The van der Waals surface area contributed by atoms with Crippen molar-refractivity contribution in [2.75, 3.05) is 0 Å². The Morgan fingerprint density at radius 2 is 2.22 bits per heavy atom. The molecule has 0 spiro atoms. The Bertz CT molecular complexity index is 820. The number of benzene rings is 1. The maximum Gasteiger partial charge on any atom is 0.264 e. The fraction of sp³-hybridized carbons (Fsp3) is 0.0588. The first-order valence-corrected chi connectivity index (χ1v) is 7.73. The van der Waals surface area contributed by atoms with Gasteiger partial charge in [0.25, 0.3) is 5.91 Å². The molecule has 0 saturated carbocycles. The molecular weight excluding hydrogens is 312 g/mol. The van der Waals surface area contributed by atoms with E-state index in [0.29, 0.717) is 21.5 Å². The summed E-state index contributed by atoms with van der Waals surface area (Å²) < 4.78 is 5.17. The number of hydrogen-bond donors (Lipinski definition) is 2. The first-order chi connectivity index (χ1) is 11.1. The Labute approximate surface area is 137 Å². The molecule has 0 radical (unpaired) electrons. The Balaban J connectivity index is 1.76. The van der Waals surface area contributed by atoms with Crippen LogP contribution in [0, 0.1) is 6.92 Å². The largest absolute Gasteiger partial charge is 0.506 e. The van der Waals surface area contributed by atoms with Crippen molar-refractivity contribution in [2.24, 2.45) is 4.99 Å². The van der Waals surface area contributed by atoms with Crippen LogP contribution in [0.2, 0.25) is 0 Å². The van der Waals surface area contributed by atoms with Crippen LogP contribution in [0.3, 0.4) is 0 Å². The van der Waals surface area contributed by atoms with Gasteiger partial charge in [0.1, 0.15) is 17.2 Å². The van der Waals surface area contributed by atoms with E-state index in [0.717, 1.165) is 5.56 Å². The fourth-order valence-corrected chi connectivity index (χ4v) is 2.73. The van der Waals surface area contributed by atoms with E-state index in [-0.39, 0.29) is 11.7 Å². The average Bonchev–Trinajstić information content (AvgIpc) is 3.14. The summed E-state index contributed by atoms with van der Waals surface area (Å²) in [7, 11) is 0. The molecule has 1 aliphatic heterocycles. The number of amidine groups is 1. The highest BCUT2D eigenvalue weighted by Gasteiger charge is 2.23. The predicted octanol–water partition coefficient (Wildman–Crippen LogP) is 3.74. The predicted molar refractivity (Wildman–Crippen MR) is 91.5 cm³/mol. The van der Waals surface area contributed by atoms with Gasteiger partial charge < -0.3 is 14.8 Å². The van der Waals surface area contributed by atoms with Crippen LogP contribution < -0.4 is 5.32 Å². The zero-order valence-corrected chi connectivity index (χ0v) is 13.1. The van der Waals surface area contributed by atoms with Gasteiger partial charge in [-0.3, -0.25) is 4.79 Å². The number of phenolic OH excluding ortho intramolecular Hbond substituents is 1. The number of aliphatic imine (C=N–C) groups is 1. The number of hydrogen-bond acceptors (Lipinski definition) is 5. The zero-order chi connectivity index (χ0) is 16.2. The standard InChI is InChI=1S/C17H14N2O3S/c1-11-7-8-14(20)13(10-11)18-17-19-16(21)15(23-17)6-2-4-12-5-3-9-22-12/h2-10,20H,1H3,(H,18,19,21)/b4-2+,15-6+. The number of allylic oxidation sites excluding steroid dienone is 2. The van der Waals surface area contributed by atoms with Crippen molar-refractivity contribution in [1.29, 1.82) is 0 Å². The summed E-state index contributed by atoms with van der Waals surface area (Å²) in [4.78, 5) is 16.7. The third-order valence-corrected chi connectivity index (χ3v) is 3.98. The monoisotopic (exact) mass is 326 g/mol. The van der Waals surface area contributed by atoms with Gasteiger partial charge in [-0.1, -0.05) is 12.1 Å². The van der Waals surface area contributed by atoms with E-state index in [9.17, 15) is 9.90 Å². The molecule has 0 bridgehead atoms. The maximum absolute atomic E-state index is 11.9. The van der Waals surface area contributed by atoms with Crippen LogP contribution in [0.4, 0.5) is 5.69 Å². The number of aryl methyl sites for hydroxylation is 1. The average molecular weight is 326 g/mol. The van der Waals surface area contributed by atoms with Crippen LogP contribution in [0.1, 0.15) is 11.3 Å². The van der Waals surface area contributed by atoms with Gasteiger partial charge in [-0.15, -0.1) is 0 Å². The summed E-state index contributed by atoms with van der Waals surface area (Å²) in [5.74, 6) is 0.571. The Kier molecular flexibility index (Phi) is 4.34. The lowest BCUT2D eigenvalue weighted by atomic mass is 10.2. The fourth-order valence-electron chi connectivity index (χ4n) is 1.94. The molecule has 1 aromatic heterocycles. The highest BCUT2D eigenvalue weighted by Crippen LogP contribution is 2.31. The normalized spacial score (nSPS) is 18.2. The Morgan fingerprint density at radius 1 is 1.35 bits per heavy atom. The van der Waals surface area contributed by atoms with Gasteiger partial charge >= 0.3 is 0 Å². The van der Waals surface area contributed by atoms with E-state index in [1.165, 1.54) is 11.8 Å². The number of carbonyl (C=O) groups is 1. The molecule has 3 rings (SSSR count). The molecule has 116 valence electrons. The Hall–Kier alpha value is -2.73. The smallest absolute Gasteiger partial charge is 0.264 e. The minimum atomic E-state index is -0.218. The molecule has 1 fully saturated rings. The second kappa shape index (κ2) is 6.58. The Morgan fingerprint density at radius 3 is 3.00 bits per heavy atom. The summed E-state index contributed by atoms with van der Waals surface area (Å²) in [6, 6.07) is 8.75. The van der Waals surface area contributed by atoms with Crippen LogP contribution in [0.15, 0.2) is 63.1 Å². The van der Waals surface area contributed by atoms with Gasteiger partial charge in [-0.2, -0.15) is 0 Å². The molecule has 2 N–H and O–H groups in total. The second-order valence-electron chi connectivity index (χ2n) is 4.87. The van der Waals surface area contributed by atoms with Crippen LogP contribution in [-0.2, 0) is 4.79 Å². The lowest BCUT2D eigenvalue weighted by Gasteiger charge is -2.01. The van der Waals surface area contributed by atoms with Gasteiger partial charge in [-0.25, -0.2) is 4.99 Å². The van der Waals surface area contributed by atoms with Crippen molar-refractivity contribution >= 4 is 34.6 Å². The zero-order valence-electron chi connectivity index (χ0n) is 12.3. The summed E-state index contributed by atoms with van der Waals surface area (Å²) in [6.45, 7) is 1.91. The maximum atomic E-state index is 11.9. The number of rotatable bonds is 3. The SMILES string of the molecule is Cc1ccc(O)c(N=C2NC(=O)/C(=C\C=C\c3ccco3)S2)c1. The molecule has 2 aromatic rings. The van der Waals surface area contributed by atoms with Crippen molar-refractivity contribution in [3.05, 3.63) is 65.0 Å². The second-order valence-corrected chi connectivity index (χ2v) is 5.90. The summed E-state index contributed by atoms with van der Waals surface area (Å²) in [5, 5.41) is 12.9. The number of thioether (sulfide) groups is 1. The van der Waals surface area contributed by atoms with Crippen LogP contribution in [0.5, 0.6) is 5.75 Å². The molecule has 0 unspecified atom stereocenters. The number of nitrogens with zero attached hydrogens (tertiary/aromatic N) is 1. The highest BCUT2D eigenvalue weighted by molar-refractivity contribution is 8.18. The minimum Gasteiger partial charge on any atom is -0.506 e. The van der Waals surface area contributed by atoms with E-state index >= 15 is 0 Å². The van der Waals surface area contributed by atoms with Crippen molar-refractivity contribution in [2.45, 2.75) is 6.92 Å². The lowest BCUT2D eigenvalue weighted by molar-refractivity contribution is -0.115. The molecule has 1 saturated heterocycles. The number of aromatic hydroxyl groups is 1. The van der Waals surface area contributed by atoms with E-state index in [1.54, 1.807) is 48.8 Å². The minimum absolute atomic E-state index is 0.0769. The molecule has 1 aromatic carbocycles. The molecule has 0 aliphatic carbocycles. The van der Waals surface area contributed by atoms with Crippen molar-refractivity contribution in [3.63, 3.8) is 0 Å². The van der Waals surface area contributed by atoms with Crippen molar-refractivity contribution in [3.8, 4) is 5.75 Å². The van der Waals surface area contributed by atoms with E-state index in [4.69, 9.17) is 4.42 Å². The molecule has 5 nitrogen and oxygen atoms in total. The van der Waals surface area contributed by atoms with Gasteiger partial charge in [0, 0.05) is 0 Å². The van der Waals surface area contributed by atoms with E-state index < -0.39 is 0 Å². The number of amides is 1. The third kappa shape index (κ3) is 3.73. The highest BCUT2D eigenvalue weighted by atomic mass is 32.2. The number of nitrogens with one attached hydrogen (secondary N) is 1. The quantitative estimate of drug-likeness (QED) is 0.843. The van der Waals surface area contributed by atoms with Gasteiger partial charge in [0.15, 0.2) is 5.17 Å². The summed E-state index contributed by atoms with van der Waals surface area (Å²) in [5.41, 5.74) is 1.41. The number of phenols is 1. The van der Waals surface area contributed by atoms with Crippen molar-refractivity contribution in [1.82, 2.24) is 5.32 Å². The first-order valence-electron chi connectivity index (χ1n) is 6.91. The molecular formula is C17H14N2O3S. The van der Waals surface area contributed by atoms with Gasteiger partial charge in [0.2, 0.25) is 0 Å². The van der Waals surface area contributed by atoms with Crippen molar-refractivity contribution < 1.29 is 14.3 Å². The molecule has 2 heterocycles. The first kappa shape index (κ1) is 15.2. The number of carbonyl (C=O) groups excluding carboxylic acids is 1. The topological polar surface area (TPSA) is 74.8 Å². The molecule has 1 amide bonds. The van der Waals surface area contributed by atoms with Crippen LogP contribution >= 0.6 is 11.8 Å². The summed E-state index contributed by atoms with van der Waals surface area (Å²) >= 11 is 1.22. The van der Waals surface area contributed by atoms with E-state index in [1.807, 2.05) is 13.0 Å². The third-order valence-electron chi connectivity index (χ3n) is 3.06. The molecule has 6 heteroatoms.